The topological polar surface area (TPSA) is 12.0 Å². The lowest BCUT2D eigenvalue weighted by Crippen LogP contribution is -2.23. The largest absolute Gasteiger partial charge is 0.319 e. The van der Waals surface area contributed by atoms with Crippen LogP contribution in [-0.4, -0.2) is 13.6 Å². The van der Waals surface area contributed by atoms with E-state index in [0.717, 1.165) is 28.9 Å². The minimum Gasteiger partial charge on any atom is -0.319 e. The van der Waals surface area contributed by atoms with Gasteiger partial charge in [0, 0.05) is 9.50 Å². The van der Waals surface area contributed by atoms with Crippen LogP contribution in [0.3, 0.4) is 0 Å². The second-order valence-corrected chi connectivity index (χ2v) is 6.88. The van der Waals surface area contributed by atoms with Crippen LogP contribution >= 0.6 is 27.5 Å². The second kappa shape index (κ2) is 7.98. The summed E-state index contributed by atoms with van der Waals surface area (Å²) in [5.41, 5.74) is 3.92. The molecule has 112 valence electrons. The Kier molecular flexibility index (Phi) is 6.28. The molecule has 3 heteroatoms. The van der Waals surface area contributed by atoms with Gasteiger partial charge in [-0.25, -0.2) is 0 Å². The smallest absolute Gasteiger partial charge is 0.0449 e. The van der Waals surface area contributed by atoms with E-state index in [1.54, 1.807) is 0 Å². The van der Waals surface area contributed by atoms with Crippen LogP contribution in [0.25, 0.3) is 0 Å². The Morgan fingerprint density at radius 3 is 2.62 bits per heavy atom. The van der Waals surface area contributed by atoms with Gasteiger partial charge in [0.25, 0.3) is 0 Å². The van der Waals surface area contributed by atoms with Gasteiger partial charge in [0.1, 0.15) is 0 Å². The summed E-state index contributed by atoms with van der Waals surface area (Å²) in [7, 11) is 2.01. The minimum absolute atomic E-state index is 0.537. The maximum absolute atomic E-state index is 6.35. The van der Waals surface area contributed by atoms with Crippen molar-refractivity contribution < 1.29 is 0 Å². The maximum Gasteiger partial charge on any atom is 0.0449 e. The lowest BCUT2D eigenvalue weighted by Gasteiger charge is -2.18. The van der Waals surface area contributed by atoms with Crippen molar-refractivity contribution in [1.29, 1.82) is 0 Å². The second-order valence-electron chi connectivity index (χ2n) is 5.56. The average molecular weight is 367 g/mol. The van der Waals surface area contributed by atoms with Crippen LogP contribution < -0.4 is 5.32 Å². The molecular weight excluding hydrogens is 346 g/mol. The van der Waals surface area contributed by atoms with Crippen LogP contribution in [0.1, 0.15) is 16.7 Å². The zero-order valence-corrected chi connectivity index (χ0v) is 14.8. The molecule has 0 bridgehead atoms. The van der Waals surface area contributed by atoms with Gasteiger partial charge in [-0.15, -0.1) is 0 Å². The molecule has 1 atom stereocenters. The zero-order chi connectivity index (χ0) is 15.2. The quantitative estimate of drug-likeness (QED) is 0.756. The zero-order valence-electron chi connectivity index (χ0n) is 12.5. The van der Waals surface area contributed by atoms with E-state index in [1.165, 1.54) is 16.7 Å². The summed E-state index contributed by atoms with van der Waals surface area (Å²) >= 11 is 9.81. The first-order chi connectivity index (χ1) is 10.1. The monoisotopic (exact) mass is 365 g/mol. The molecule has 21 heavy (non-hydrogen) atoms. The first-order valence-electron chi connectivity index (χ1n) is 7.22. The Hall–Kier alpha value is -0.830. The predicted molar refractivity (Wildman–Crippen MR) is 95.2 cm³/mol. The Labute approximate surface area is 140 Å². The Bertz CT molecular complexity index is 598. The van der Waals surface area contributed by atoms with E-state index in [2.05, 4.69) is 64.6 Å². The highest BCUT2D eigenvalue weighted by atomic mass is 79.9. The van der Waals surface area contributed by atoms with Crippen LogP contribution in [0.4, 0.5) is 0 Å². The normalized spacial score (nSPS) is 12.4. The van der Waals surface area contributed by atoms with Crippen molar-refractivity contribution in [3.63, 3.8) is 0 Å². The number of aryl methyl sites for hydroxylation is 1. The van der Waals surface area contributed by atoms with Gasteiger partial charge in [-0.1, -0.05) is 63.4 Å². The molecule has 1 nitrogen and oxygen atoms in total. The number of hydrogen-bond acceptors (Lipinski definition) is 1. The maximum atomic E-state index is 6.35. The number of rotatable bonds is 6. The molecule has 2 rings (SSSR count). The Balaban J connectivity index is 2.11. The molecule has 0 aliphatic rings. The third-order valence-electron chi connectivity index (χ3n) is 3.62. The van der Waals surface area contributed by atoms with Gasteiger partial charge in [-0.3, -0.25) is 0 Å². The molecule has 0 fully saturated rings. The molecule has 1 unspecified atom stereocenters. The predicted octanol–water partition coefficient (Wildman–Crippen LogP) is 5.03. The fourth-order valence-corrected chi connectivity index (χ4v) is 3.43. The molecule has 0 spiro atoms. The van der Waals surface area contributed by atoms with Crippen molar-refractivity contribution >= 4 is 27.5 Å². The van der Waals surface area contributed by atoms with Crippen LogP contribution in [0.2, 0.25) is 5.02 Å². The first kappa shape index (κ1) is 16.5. The molecule has 2 aromatic carbocycles. The highest BCUT2D eigenvalue weighted by molar-refractivity contribution is 9.10. The molecular formula is C18H21BrClN. The van der Waals surface area contributed by atoms with E-state index < -0.39 is 0 Å². The number of benzene rings is 2. The van der Waals surface area contributed by atoms with Crippen molar-refractivity contribution in [3.8, 4) is 0 Å². The van der Waals surface area contributed by atoms with E-state index in [4.69, 9.17) is 11.6 Å². The minimum atomic E-state index is 0.537. The summed E-state index contributed by atoms with van der Waals surface area (Å²) in [5, 5.41) is 4.14. The molecule has 0 saturated carbocycles. The van der Waals surface area contributed by atoms with Crippen molar-refractivity contribution in [3.05, 3.63) is 68.7 Å². The van der Waals surface area contributed by atoms with Crippen molar-refractivity contribution in [2.45, 2.75) is 19.8 Å². The summed E-state index contributed by atoms with van der Waals surface area (Å²) in [6, 6.07) is 14.9. The highest BCUT2D eigenvalue weighted by Gasteiger charge is 2.12. The van der Waals surface area contributed by atoms with Crippen LogP contribution in [0.5, 0.6) is 0 Å². The van der Waals surface area contributed by atoms with Gasteiger partial charge in [0.05, 0.1) is 0 Å². The van der Waals surface area contributed by atoms with Crippen molar-refractivity contribution in [2.75, 3.05) is 13.6 Å². The first-order valence-corrected chi connectivity index (χ1v) is 8.39. The van der Waals surface area contributed by atoms with Crippen LogP contribution in [0, 0.1) is 12.8 Å². The molecule has 0 heterocycles. The molecule has 0 aliphatic carbocycles. The lowest BCUT2D eigenvalue weighted by molar-refractivity contribution is 0.493. The molecule has 0 aromatic heterocycles. The van der Waals surface area contributed by atoms with Gasteiger partial charge in [-0.2, -0.15) is 0 Å². The molecule has 0 radical (unpaired) electrons. The van der Waals surface area contributed by atoms with E-state index in [0.29, 0.717) is 5.92 Å². The molecule has 0 saturated heterocycles. The summed E-state index contributed by atoms with van der Waals surface area (Å²) < 4.78 is 1.03. The van der Waals surface area contributed by atoms with E-state index >= 15 is 0 Å². The van der Waals surface area contributed by atoms with Gasteiger partial charge in [0.15, 0.2) is 0 Å². The van der Waals surface area contributed by atoms with Crippen molar-refractivity contribution in [1.82, 2.24) is 5.32 Å². The van der Waals surface area contributed by atoms with Gasteiger partial charge in [0.2, 0.25) is 0 Å². The molecule has 1 N–H and O–H groups in total. The van der Waals surface area contributed by atoms with Gasteiger partial charge < -0.3 is 5.32 Å². The lowest BCUT2D eigenvalue weighted by atomic mass is 9.92. The Morgan fingerprint density at radius 2 is 1.95 bits per heavy atom. The standard InChI is InChI=1S/C18H21BrClN/c1-13-4-3-5-14(8-13)9-15(12-21-2)10-16-6-7-17(19)11-18(16)20/h3-8,11,15,21H,9-10,12H2,1-2H3. The van der Waals surface area contributed by atoms with E-state index in [1.807, 2.05) is 13.1 Å². The average Bonchev–Trinajstić information content (AvgIpc) is 2.42. The third kappa shape index (κ3) is 5.14. The fourth-order valence-electron chi connectivity index (χ4n) is 2.68. The number of halogens is 2. The Morgan fingerprint density at radius 1 is 1.14 bits per heavy atom. The van der Waals surface area contributed by atoms with Gasteiger partial charge >= 0.3 is 0 Å². The van der Waals surface area contributed by atoms with Crippen LogP contribution in [-0.2, 0) is 12.8 Å². The SMILES string of the molecule is CNCC(Cc1cccc(C)c1)Cc1ccc(Br)cc1Cl. The molecule has 0 aliphatic heterocycles. The third-order valence-corrected chi connectivity index (χ3v) is 4.47. The summed E-state index contributed by atoms with van der Waals surface area (Å²) in [5.74, 6) is 0.537. The van der Waals surface area contributed by atoms with E-state index in [9.17, 15) is 0 Å². The number of nitrogens with one attached hydrogen (secondary N) is 1. The fraction of sp³-hybridized carbons (Fsp3) is 0.333. The highest BCUT2D eigenvalue weighted by Crippen LogP contribution is 2.25. The van der Waals surface area contributed by atoms with Gasteiger partial charge in [-0.05, 0) is 62.5 Å². The summed E-state index contributed by atoms with van der Waals surface area (Å²) in [6.45, 7) is 3.13. The molecule has 0 amide bonds. The summed E-state index contributed by atoms with van der Waals surface area (Å²) in [4.78, 5) is 0. The summed E-state index contributed by atoms with van der Waals surface area (Å²) in [6.07, 6.45) is 2.05. The number of hydrogen-bond donors (Lipinski definition) is 1. The van der Waals surface area contributed by atoms with Crippen molar-refractivity contribution in [2.24, 2.45) is 5.92 Å². The molecule has 2 aromatic rings. The van der Waals surface area contributed by atoms with Crippen LogP contribution in [0.15, 0.2) is 46.9 Å². The van der Waals surface area contributed by atoms with E-state index in [-0.39, 0.29) is 0 Å².